The van der Waals surface area contributed by atoms with Crippen LogP contribution in [0.4, 0.5) is 0 Å². The standard InChI is InChI=1S/C13H19ClN2/c14-12-9-16-7-6-11(12)8-13(15)10-4-2-1-3-5-10/h6-7,9-10,13H,1-5,8,15H2. The lowest BCUT2D eigenvalue weighted by Crippen LogP contribution is -2.33. The van der Waals surface area contributed by atoms with Gasteiger partial charge in [0.05, 0.1) is 5.02 Å². The molecule has 1 saturated carbocycles. The van der Waals surface area contributed by atoms with Crippen molar-refractivity contribution in [2.24, 2.45) is 11.7 Å². The zero-order valence-corrected chi connectivity index (χ0v) is 10.3. The van der Waals surface area contributed by atoms with E-state index in [0.717, 1.165) is 17.0 Å². The smallest absolute Gasteiger partial charge is 0.0621 e. The van der Waals surface area contributed by atoms with Crippen LogP contribution in [0, 0.1) is 5.92 Å². The first-order chi connectivity index (χ1) is 7.77. The van der Waals surface area contributed by atoms with E-state index in [4.69, 9.17) is 17.3 Å². The molecule has 2 nitrogen and oxygen atoms in total. The molecule has 1 aromatic heterocycles. The van der Waals surface area contributed by atoms with E-state index in [9.17, 15) is 0 Å². The van der Waals surface area contributed by atoms with Crippen molar-refractivity contribution in [3.05, 3.63) is 29.0 Å². The predicted octanol–water partition coefficient (Wildman–Crippen LogP) is 3.19. The summed E-state index contributed by atoms with van der Waals surface area (Å²) in [4.78, 5) is 3.99. The highest BCUT2D eigenvalue weighted by molar-refractivity contribution is 6.31. The lowest BCUT2D eigenvalue weighted by atomic mass is 9.82. The maximum atomic E-state index is 6.27. The molecule has 1 aromatic rings. The number of pyridine rings is 1. The van der Waals surface area contributed by atoms with E-state index in [-0.39, 0.29) is 6.04 Å². The van der Waals surface area contributed by atoms with Gasteiger partial charge in [-0.05, 0) is 36.8 Å². The third-order valence-electron chi connectivity index (χ3n) is 3.57. The normalized spacial score (nSPS) is 19.6. The summed E-state index contributed by atoms with van der Waals surface area (Å²) >= 11 is 6.09. The monoisotopic (exact) mass is 238 g/mol. The first kappa shape index (κ1) is 11.9. The zero-order valence-electron chi connectivity index (χ0n) is 9.53. The second kappa shape index (κ2) is 5.65. The Morgan fingerprint density at radius 1 is 1.38 bits per heavy atom. The van der Waals surface area contributed by atoms with Crippen LogP contribution in [0.15, 0.2) is 18.5 Å². The van der Waals surface area contributed by atoms with Crippen LogP contribution in [0.25, 0.3) is 0 Å². The highest BCUT2D eigenvalue weighted by Gasteiger charge is 2.21. The minimum absolute atomic E-state index is 0.250. The molecule has 2 N–H and O–H groups in total. The number of halogens is 1. The highest BCUT2D eigenvalue weighted by Crippen LogP contribution is 2.28. The van der Waals surface area contributed by atoms with Gasteiger partial charge in [0.1, 0.15) is 0 Å². The summed E-state index contributed by atoms with van der Waals surface area (Å²) in [5.74, 6) is 0.679. The third-order valence-corrected chi connectivity index (χ3v) is 3.91. The van der Waals surface area contributed by atoms with Gasteiger partial charge >= 0.3 is 0 Å². The molecule has 1 aliphatic carbocycles. The second-order valence-corrected chi connectivity index (χ2v) is 5.14. The van der Waals surface area contributed by atoms with E-state index >= 15 is 0 Å². The van der Waals surface area contributed by atoms with Crippen molar-refractivity contribution in [1.82, 2.24) is 4.98 Å². The fraction of sp³-hybridized carbons (Fsp3) is 0.615. The van der Waals surface area contributed by atoms with Gasteiger partial charge in [-0.15, -0.1) is 0 Å². The van der Waals surface area contributed by atoms with E-state index in [1.54, 1.807) is 12.4 Å². The highest BCUT2D eigenvalue weighted by atomic mass is 35.5. The molecule has 0 radical (unpaired) electrons. The van der Waals surface area contributed by atoms with Crippen LogP contribution in [0.3, 0.4) is 0 Å². The molecular weight excluding hydrogens is 220 g/mol. The summed E-state index contributed by atoms with van der Waals surface area (Å²) < 4.78 is 0. The summed E-state index contributed by atoms with van der Waals surface area (Å²) in [6.07, 6.45) is 11.0. The molecule has 1 fully saturated rings. The lowest BCUT2D eigenvalue weighted by molar-refractivity contribution is 0.303. The van der Waals surface area contributed by atoms with Gasteiger partial charge in [-0.25, -0.2) is 0 Å². The maximum absolute atomic E-state index is 6.27. The maximum Gasteiger partial charge on any atom is 0.0621 e. The Hall–Kier alpha value is -0.600. The fourth-order valence-corrected chi connectivity index (χ4v) is 2.75. The van der Waals surface area contributed by atoms with Crippen molar-refractivity contribution < 1.29 is 0 Å². The van der Waals surface area contributed by atoms with Gasteiger partial charge in [0, 0.05) is 18.4 Å². The van der Waals surface area contributed by atoms with Gasteiger partial charge in [-0.3, -0.25) is 4.98 Å². The second-order valence-electron chi connectivity index (χ2n) is 4.73. The van der Waals surface area contributed by atoms with E-state index < -0.39 is 0 Å². The summed E-state index contributed by atoms with van der Waals surface area (Å²) in [6, 6.07) is 2.23. The van der Waals surface area contributed by atoms with Gasteiger partial charge in [-0.2, -0.15) is 0 Å². The number of hydrogen-bond donors (Lipinski definition) is 1. The van der Waals surface area contributed by atoms with Crippen molar-refractivity contribution in [1.29, 1.82) is 0 Å². The van der Waals surface area contributed by atoms with E-state index in [1.807, 2.05) is 6.07 Å². The molecule has 0 amide bonds. The SMILES string of the molecule is NC(Cc1ccncc1Cl)C1CCCCC1. The Bertz CT molecular complexity index is 334. The molecule has 0 aliphatic heterocycles. The van der Waals surface area contributed by atoms with E-state index in [1.165, 1.54) is 32.1 Å². The molecule has 0 saturated heterocycles. The Morgan fingerprint density at radius 3 is 2.81 bits per heavy atom. The Kier molecular flexibility index (Phi) is 4.19. The molecular formula is C13H19ClN2. The first-order valence-electron chi connectivity index (χ1n) is 6.11. The molecule has 0 aromatic carbocycles. The number of hydrogen-bond acceptors (Lipinski definition) is 2. The molecule has 0 spiro atoms. The number of aromatic nitrogens is 1. The van der Waals surface area contributed by atoms with Crippen LogP contribution in [0.2, 0.25) is 5.02 Å². The molecule has 1 heterocycles. The summed E-state index contributed by atoms with van der Waals surface area (Å²) in [5, 5.41) is 0.744. The summed E-state index contributed by atoms with van der Waals surface area (Å²) in [7, 11) is 0. The van der Waals surface area contributed by atoms with Gasteiger partial charge in [0.15, 0.2) is 0 Å². The van der Waals surface area contributed by atoms with Crippen molar-refractivity contribution in [3.8, 4) is 0 Å². The topological polar surface area (TPSA) is 38.9 Å². The first-order valence-corrected chi connectivity index (χ1v) is 6.49. The number of rotatable bonds is 3. The minimum atomic E-state index is 0.250. The van der Waals surface area contributed by atoms with Gasteiger partial charge in [0.2, 0.25) is 0 Å². The molecule has 1 aliphatic rings. The third kappa shape index (κ3) is 2.96. The quantitative estimate of drug-likeness (QED) is 0.879. The van der Waals surface area contributed by atoms with Crippen LogP contribution >= 0.6 is 11.6 Å². The van der Waals surface area contributed by atoms with Crippen LogP contribution < -0.4 is 5.73 Å². The Balaban J connectivity index is 1.96. The largest absolute Gasteiger partial charge is 0.327 e. The number of nitrogens with zero attached hydrogens (tertiary/aromatic N) is 1. The summed E-state index contributed by atoms with van der Waals surface area (Å²) in [5.41, 5.74) is 7.40. The minimum Gasteiger partial charge on any atom is -0.327 e. The molecule has 3 heteroatoms. The zero-order chi connectivity index (χ0) is 11.4. The summed E-state index contributed by atoms with van der Waals surface area (Å²) in [6.45, 7) is 0. The fourth-order valence-electron chi connectivity index (χ4n) is 2.55. The van der Waals surface area contributed by atoms with Gasteiger partial charge in [0.25, 0.3) is 0 Å². The molecule has 16 heavy (non-hydrogen) atoms. The van der Waals surface area contributed by atoms with E-state index in [2.05, 4.69) is 4.98 Å². The number of nitrogens with two attached hydrogens (primary N) is 1. The van der Waals surface area contributed by atoms with Gasteiger partial charge in [-0.1, -0.05) is 30.9 Å². The van der Waals surface area contributed by atoms with Gasteiger partial charge < -0.3 is 5.73 Å². The van der Waals surface area contributed by atoms with Crippen molar-refractivity contribution in [3.63, 3.8) is 0 Å². The van der Waals surface area contributed by atoms with Crippen molar-refractivity contribution >= 4 is 11.6 Å². The Morgan fingerprint density at radius 2 is 2.12 bits per heavy atom. The average molecular weight is 239 g/mol. The molecule has 2 rings (SSSR count). The molecule has 0 bridgehead atoms. The van der Waals surface area contributed by atoms with Crippen molar-refractivity contribution in [2.45, 2.75) is 44.6 Å². The predicted molar refractivity (Wildman–Crippen MR) is 67.5 cm³/mol. The van der Waals surface area contributed by atoms with Crippen LogP contribution in [-0.2, 0) is 6.42 Å². The Labute approximate surface area is 102 Å². The molecule has 1 atom stereocenters. The molecule has 88 valence electrons. The van der Waals surface area contributed by atoms with Crippen molar-refractivity contribution in [2.75, 3.05) is 0 Å². The lowest BCUT2D eigenvalue weighted by Gasteiger charge is -2.27. The van der Waals surface area contributed by atoms with Crippen LogP contribution in [0.5, 0.6) is 0 Å². The van der Waals surface area contributed by atoms with Crippen LogP contribution in [0.1, 0.15) is 37.7 Å². The van der Waals surface area contributed by atoms with E-state index in [0.29, 0.717) is 5.92 Å². The molecule has 1 unspecified atom stereocenters. The van der Waals surface area contributed by atoms with Crippen LogP contribution in [-0.4, -0.2) is 11.0 Å². The average Bonchev–Trinajstić information content (AvgIpc) is 2.33.